The Hall–Kier alpha value is -4.49. The van der Waals surface area contributed by atoms with Crippen molar-refractivity contribution in [1.29, 1.82) is 0 Å². The van der Waals surface area contributed by atoms with Gasteiger partial charge in [-0.15, -0.1) is 0 Å². The third-order valence-electron chi connectivity index (χ3n) is 6.11. The van der Waals surface area contributed by atoms with E-state index in [4.69, 9.17) is 14.2 Å². The Bertz CT molecular complexity index is 1540. The number of hydrogen-bond acceptors (Lipinski definition) is 10. The molecule has 1 unspecified atom stereocenters. The van der Waals surface area contributed by atoms with Crippen molar-refractivity contribution in [2.45, 2.75) is 37.4 Å². The van der Waals surface area contributed by atoms with Crippen LogP contribution in [0, 0.1) is 17.0 Å². The number of nitrogens with one attached hydrogen (secondary N) is 2. The number of nitro groups is 1. The van der Waals surface area contributed by atoms with Gasteiger partial charge in [0.1, 0.15) is 5.75 Å². The zero-order chi connectivity index (χ0) is 29.1. The Morgan fingerprint density at radius 1 is 1.02 bits per heavy atom. The predicted octanol–water partition coefficient (Wildman–Crippen LogP) is 3.71. The number of esters is 2. The highest BCUT2D eigenvalue weighted by Crippen LogP contribution is 2.43. The molecule has 4 rings (SSSR count). The summed E-state index contributed by atoms with van der Waals surface area (Å²) < 4.78 is 45.1. The topological polar surface area (TPSA) is 163 Å². The number of benzene rings is 3. The molecule has 1 heterocycles. The second-order valence-corrected chi connectivity index (χ2v) is 10.5. The molecule has 1 aliphatic heterocycles. The molecule has 0 fully saturated rings. The van der Waals surface area contributed by atoms with Crippen molar-refractivity contribution in [2.75, 3.05) is 17.9 Å². The number of anilines is 1. The fraction of sp³-hybridized carbons (Fsp3) is 0.259. The fourth-order valence-electron chi connectivity index (χ4n) is 4.20. The average Bonchev–Trinajstić information content (AvgIpc) is 2.92. The number of ether oxygens (including phenoxy) is 3. The van der Waals surface area contributed by atoms with Crippen LogP contribution in [0.25, 0.3) is 0 Å². The lowest BCUT2D eigenvalue weighted by molar-refractivity contribution is -0.385. The van der Waals surface area contributed by atoms with E-state index >= 15 is 0 Å². The third-order valence-corrected chi connectivity index (χ3v) is 7.50. The average molecular weight is 570 g/mol. The second kappa shape index (κ2) is 11.3. The van der Waals surface area contributed by atoms with E-state index in [1.807, 2.05) is 6.92 Å². The van der Waals surface area contributed by atoms with Gasteiger partial charge in [0.15, 0.2) is 6.23 Å². The number of aryl methyl sites for hydroxylation is 1. The van der Waals surface area contributed by atoms with Gasteiger partial charge in [-0.3, -0.25) is 14.8 Å². The molecule has 0 aromatic heterocycles. The Morgan fingerprint density at radius 2 is 1.68 bits per heavy atom. The van der Waals surface area contributed by atoms with Crippen molar-refractivity contribution in [3.05, 3.63) is 93.5 Å². The molecule has 13 heteroatoms. The van der Waals surface area contributed by atoms with Gasteiger partial charge >= 0.3 is 11.9 Å². The van der Waals surface area contributed by atoms with Crippen LogP contribution in [0.1, 0.15) is 36.8 Å². The van der Waals surface area contributed by atoms with Crippen LogP contribution in [0.5, 0.6) is 5.75 Å². The first-order chi connectivity index (χ1) is 19.0. The number of non-ortho nitro benzene ring substituents is 1. The maximum Gasteiger partial charge on any atom is 0.343 e. The molecule has 12 nitrogen and oxygen atoms in total. The molecular formula is C27H27N3O9S. The Labute approximate surface area is 230 Å². The van der Waals surface area contributed by atoms with E-state index in [2.05, 4.69) is 10.0 Å². The van der Waals surface area contributed by atoms with Crippen molar-refractivity contribution in [3.8, 4) is 5.75 Å². The molecule has 0 saturated heterocycles. The summed E-state index contributed by atoms with van der Waals surface area (Å²) in [5, 5.41) is 14.2. The molecule has 1 atom stereocenters. The first-order valence-corrected chi connectivity index (χ1v) is 13.8. The highest BCUT2D eigenvalue weighted by Gasteiger charge is 2.56. The number of rotatable bonds is 9. The highest BCUT2D eigenvalue weighted by molar-refractivity contribution is 7.92. The van der Waals surface area contributed by atoms with E-state index in [0.29, 0.717) is 0 Å². The molecule has 40 heavy (non-hydrogen) atoms. The summed E-state index contributed by atoms with van der Waals surface area (Å²) in [4.78, 5) is 37.8. The molecule has 0 amide bonds. The molecule has 210 valence electrons. The van der Waals surface area contributed by atoms with Crippen LogP contribution in [-0.2, 0) is 34.6 Å². The van der Waals surface area contributed by atoms with Crippen LogP contribution in [0.4, 0.5) is 11.4 Å². The number of fused-ring (bicyclic) bond motifs is 1. The van der Waals surface area contributed by atoms with E-state index < -0.39 is 38.7 Å². The number of carbonyl (C=O) groups is 2. The molecule has 1 aliphatic rings. The predicted molar refractivity (Wildman–Crippen MR) is 143 cm³/mol. The van der Waals surface area contributed by atoms with Gasteiger partial charge in [-0.1, -0.05) is 29.8 Å². The molecule has 0 bridgehead atoms. The van der Waals surface area contributed by atoms with Gasteiger partial charge in [0.2, 0.25) is 5.54 Å². The van der Waals surface area contributed by atoms with E-state index in [1.165, 1.54) is 54.6 Å². The van der Waals surface area contributed by atoms with Crippen molar-refractivity contribution in [1.82, 2.24) is 5.32 Å². The second-order valence-electron chi connectivity index (χ2n) is 8.81. The lowest BCUT2D eigenvalue weighted by atomic mass is 9.86. The number of carbonyl (C=O) groups excluding carboxylic acids is 2. The zero-order valence-electron chi connectivity index (χ0n) is 21.9. The minimum Gasteiger partial charge on any atom is -0.471 e. The number of sulfonamides is 1. The molecule has 0 saturated carbocycles. The lowest BCUT2D eigenvalue weighted by Crippen LogP contribution is -2.60. The van der Waals surface area contributed by atoms with Gasteiger partial charge in [-0.2, -0.15) is 0 Å². The van der Waals surface area contributed by atoms with Crippen molar-refractivity contribution < 1.29 is 37.1 Å². The summed E-state index contributed by atoms with van der Waals surface area (Å²) in [6.45, 7) is 4.77. The van der Waals surface area contributed by atoms with Gasteiger partial charge in [0.25, 0.3) is 15.7 Å². The standard InChI is InChI=1S/C27H27N3O9S/c1-4-37-25(31)27(26(32)38-5-2)22-16-19(29-40(35,36)21-12-9-17(3)10-13-21)11-14-23(22)39-24(28-27)18-7-6-8-20(15-18)30(33)34/h6-16,24,28-29H,4-5H2,1-3H3. The molecular weight excluding hydrogens is 542 g/mol. The first-order valence-electron chi connectivity index (χ1n) is 12.3. The Kier molecular flexibility index (Phi) is 8.07. The summed E-state index contributed by atoms with van der Waals surface area (Å²) in [7, 11) is -4.03. The molecule has 2 N–H and O–H groups in total. The minimum atomic E-state index is -4.03. The summed E-state index contributed by atoms with van der Waals surface area (Å²) in [6.07, 6.45) is -1.21. The van der Waals surface area contributed by atoms with E-state index in [9.17, 15) is 28.1 Å². The van der Waals surface area contributed by atoms with Gasteiger partial charge in [0.05, 0.1) is 23.0 Å². The van der Waals surface area contributed by atoms with Crippen molar-refractivity contribution in [2.24, 2.45) is 0 Å². The van der Waals surface area contributed by atoms with Crippen molar-refractivity contribution >= 4 is 33.3 Å². The SMILES string of the molecule is CCOC(=O)C1(C(=O)OCC)NC(c2cccc([N+](=O)[O-])c2)Oc2ccc(NS(=O)(=O)c3ccc(C)cc3)cc21. The Balaban J connectivity index is 1.85. The number of nitro benzene ring substituents is 1. The van der Waals surface area contributed by atoms with Gasteiger partial charge in [-0.25, -0.2) is 23.3 Å². The molecule has 3 aromatic rings. The Morgan fingerprint density at radius 3 is 2.27 bits per heavy atom. The van der Waals surface area contributed by atoms with Crippen molar-refractivity contribution in [3.63, 3.8) is 0 Å². The number of nitrogens with zero attached hydrogens (tertiary/aromatic N) is 1. The van der Waals surface area contributed by atoms with Crippen LogP contribution in [-0.4, -0.2) is 38.5 Å². The van der Waals surface area contributed by atoms with Crippen LogP contribution in [0.15, 0.2) is 71.6 Å². The monoisotopic (exact) mass is 569 g/mol. The quantitative estimate of drug-likeness (QED) is 0.168. The van der Waals surface area contributed by atoms with Gasteiger partial charge in [0, 0.05) is 28.9 Å². The zero-order valence-corrected chi connectivity index (χ0v) is 22.7. The maximum absolute atomic E-state index is 13.5. The van der Waals surface area contributed by atoms with Crippen LogP contribution < -0.4 is 14.8 Å². The first kappa shape index (κ1) is 28.5. The van der Waals surface area contributed by atoms with Crippen LogP contribution in [0.3, 0.4) is 0 Å². The van der Waals surface area contributed by atoms with Gasteiger partial charge < -0.3 is 14.2 Å². The number of hydrogen-bond donors (Lipinski definition) is 2. The molecule has 3 aromatic carbocycles. The summed E-state index contributed by atoms with van der Waals surface area (Å²) in [5.41, 5.74) is -1.41. The van der Waals surface area contributed by atoms with E-state index in [0.717, 1.165) is 5.56 Å². The highest BCUT2D eigenvalue weighted by atomic mass is 32.2. The van der Waals surface area contributed by atoms with E-state index in [1.54, 1.807) is 26.0 Å². The molecule has 0 aliphatic carbocycles. The van der Waals surface area contributed by atoms with E-state index in [-0.39, 0.29) is 46.4 Å². The summed E-state index contributed by atoms with van der Waals surface area (Å²) in [5.74, 6) is -2.01. The summed E-state index contributed by atoms with van der Waals surface area (Å²) >= 11 is 0. The van der Waals surface area contributed by atoms with Crippen LogP contribution in [0.2, 0.25) is 0 Å². The summed E-state index contributed by atoms with van der Waals surface area (Å²) in [6, 6.07) is 15.8. The maximum atomic E-state index is 13.5. The normalized spacial score (nSPS) is 15.7. The molecule has 0 radical (unpaired) electrons. The largest absolute Gasteiger partial charge is 0.471 e. The smallest absolute Gasteiger partial charge is 0.343 e. The minimum absolute atomic E-state index is 0.0120. The third kappa shape index (κ3) is 5.46. The van der Waals surface area contributed by atoms with Gasteiger partial charge in [-0.05, 0) is 51.1 Å². The lowest BCUT2D eigenvalue weighted by Gasteiger charge is -2.40. The fourth-order valence-corrected chi connectivity index (χ4v) is 5.25. The van der Waals surface area contributed by atoms with Crippen LogP contribution >= 0.6 is 0 Å². The molecule has 0 spiro atoms.